The fraction of sp³-hybridized carbons (Fsp3) is 1.00. The summed E-state index contributed by atoms with van der Waals surface area (Å²) in [6, 6.07) is 0.516. The molecule has 1 N–H and O–H groups in total. The van der Waals surface area contributed by atoms with Gasteiger partial charge < -0.3 is 14.8 Å². The Morgan fingerprint density at radius 3 is 2.46 bits per heavy atom. The zero-order valence-corrected chi connectivity index (χ0v) is 9.30. The van der Waals surface area contributed by atoms with Gasteiger partial charge in [0.15, 0.2) is 0 Å². The van der Waals surface area contributed by atoms with Crippen LogP contribution in [0.3, 0.4) is 0 Å². The SMILES string of the molecule is CCOCCOC(C)CC(C)NC. The normalized spacial score (nSPS) is 15.7. The quantitative estimate of drug-likeness (QED) is 0.586. The second-order valence-electron chi connectivity index (χ2n) is 3.30. The maximum Gasteiger partial charge on any atom is 0.0704 e. The molecule has 0 aliphatic heterocycles. The highest BCUT2D eigenvalue weighted by atomic mass is 16.5. The molecule has 0 aliphatic rings. The van der Waals surface area contributed by atoms with Gasteiger partial charge in [0, 0.05) is 12.6 Å². The van der Waals surface area contributed by atoms with Gasteiger partial charge >= 0.3 is 0 Å². The summed E-state index contributed by atoms with van der Waals surface area (Å²) < 4.78 is 10.7. The molecule has 0 amide bonds. The summed E-state index contributed by atoms with van der Waals surface area (Å²) in [6.45, 7) is 8.42. The third kappa shape index (κ3) is 8.22. The summed E-state index contributed by atoms with van der Waals surface area (Å²) in [7, 11) is 1.97. The van der Waals surface area contributed by atoms with Gasteiger partial charge in [-0.2, -0.15) is 0 Å². The number of ether oxygens (including phenoxy) is 2. The Morgan fingerprint density at radius 1 is 1.23 bits per heavy atom. The van der Waals surface area contributed by atoms with E-state index in [0.29, 0.717) is 25.4 Å². The molecular formula is C10H23NO2. The van der Waals surface area contributed by atoms with Crippen molar-refractivity contribution in [2.75, 3.05) is 26.9 Å². The number of hydrogen-bond donors (Lipinski definition) is 1. The molecule has 13 heavy (non-hydrogen) atoms. The van der Waals surface area contributed by atoms with Crippen LogP contribution in [0.5, 0.6) is 0 Å². The van der Waals surface area contributed by atoms with Crippen molar-refractivity contribution in [3.05, 3.63) is 0 Å². The van der Waals surface area contributed by atoms with E-state index in [0.717, 1.165) is 13.0 Å². The first-order chi connectivity index (χ1) is 6.20. The predicted octanol–water partition coefficient (Wildman–Crippen LogP) is 1.43. The minimum Gasteiger partial charge on any atom is -0.379 e. The highest BCUT2D eigenvalue weighted by Gasteiger charge is 2.06. The fourth-order valence-corrected chi connectivity index (χ4v) is 1.14. The van der Waals surface area contributed by atoms with Crippen molar-refractivity contribution < 1.29 is 9.47 Å². The number of nitrogens with one attached hydrogen (secondary N) is 1. The van der Waals surface area contributed by atoms with Crippen LogP contribution in [-0.4, -0.2) is 39.0 Å². The second kappa shape index (κ2) is 8.48. The molecule has 0 saturated heterocycles. The smallest absolute Gasteiger partial charge is 0.0704 e. The monoisotopic (exact) mass is 189 g/mol. The summed E-state index contributed by atoms with van der Waals surface area (Å²) in [6.07, 6.45) is 1.35. The first-order valence-electron chi connectivity index (χ1n) is 5.07. The molecule has 0 aromatic rings. The van der Waals surface area contributed by atoms with Crippen LogP contribution in [0.1, 0.15) is 27.2 Å². The van der Waals surface area contributed by atoms with E-state index >= 15 is 0 Å². The molecule has 2 unspecified atom stereocenters. The van der Waals surface area contributed by atoms with Crippen molar-refractivity contribution in [1.82, 2.24) is 5.32 Å². The Kier molecular flexibility index (Phi) is 8.40. The van der Waals surface area contributed by atoms with Gasteiger partial charge in [0.05, 0.1) is 19.3 Å². The maximum absolute atomic E-state index is 5.55. The second-order valence-corrected chi connectivity index (χ2v) is 3.30. The minimum absolute atomic E-state index is 0.308. The van der Waals surface area contributed by atoms with E-state index in [1.54, 1.807) is 0 Å². The van der Waals surface area contributed by atoms with Crippen LogP contribution in [0.25, 0.3) is 0 Å². The van der Waals surface area contributed by atoms with Crippen LogP contribution >= 0.6 is 0 Å². The molecule has 0 radical (unpaired) electrons. The third-order valence-electron chi connectivity index (χ3n) is 2.01. The molecule has 0 aliphatic carbocycles. The lowest BCUT2D eigenvalue weighted by molar-refractivity contribution is 0.00917. The average molecular weight is 189 g/mol. The van der Waals surface area contributed by atoms with Crippen molar-refractivity contribution in [3.8, 4) is 0 Å². The third-order valence-corrected chi connectivity index (χ3v) is 2.01. The summed E-state index contributed by atoms with van der Waals surface area (Å²) in [4.78, 5) is 0. The first-order valence-corrected chi connectivity index (χ1v) is 5.07. The molecule has 0 heterocycles. The molecule has 80 valence electrons. The van der Waals surface area contributed by atoms with Gasteiger partial charge in [0.1, 0.15) is 0 Å². The summed E-state index contributed by atoms with van der Waals surface area (Å²) in [5.41, 5.74) is 0. The molecule has 3 heteroatoms. The van der Waals surface area contributed by atoms with E-state index in [1.165, 1.54) is 0 Å². The Balaban J connectivity index is 3.24. The predicted molar refractivity (Wildman–Crippen MR) is 55.0 cm³/mol. The van der Waals surface area contributed by atoms with E-state index in [1.807, 2.05) is 14.0 Å². The van der Waals surface area contributed by atoms with Crippen molar-refractivity contribution >= 4 is 0 Å². The number of rotatable bonds is 8. The molecule has 0 aromatic heterocycles. The van der Waals surface area contributed by atoms with Crippen LogP contribution in [-0.2, 0) is 9.47 Å². The largest absolute Gasteiger partial charge is 0.379 e. The van der Waals surface area contributed by atoms with Gasteiger partial charge in [-0.15, -0.1) is 0 Å². The van der Waals surface area contributed by atoms with E-state index in [2.05, 4.69) is 19.2 Å². The van der Waals surface area contributed by atoms with Crippen molar-refractivity contribution in [3.63, 3.8) is 0 Å². The molecule has 0 saturated carbocycles. The molecule has 0 fully saturated rings. The maximum atomic E-state index is 5.55. The summed E-state index contributed by atoms with van der Waals surface area (Å²) in [5, 5.41) is 3.19. The standard InChI is InChI=1S/C10H23NO2/c1-5-12-6-7-13-10(3)8-9(2)11-4/h9-11H,5-8H2,1-4H3. The minimum atomic E-state index is 0.308. The van der Waals surface area contributed by atoms with E-state index in [-0.39, 0.29) is 0 Å². The molecule has 3 nitrogen and oxygen atoms in total. The first kappa shape index (κ1) is 12.9. The highest BCUT2D eigenvalue weighted by Crippen LogP contribution is 2.01. The number of hydrogen-bond acceptors (Lipinski definition) is 3. The summed E-state index contributed by atoms with van der Waals surface area (Å²) in [5.74, 6) is 0. The van der Waals surface area contributed by atoms with Gasteiger partial charge in [-0.3, -0.25) is 0 Å². The lowest BCUT2D eigenvalue weighted by atomic mass is 10.1. The Bertz CT molecular complexity index is 109. The highest BCUT2D eigenvalue weighted by molar-refractivity contribution is 4.62. The molecule has 0 rings (SSSR count). The van der Waals surface area contributed by atoms with Crippen LogP contribution < -0.4 is 5.32 Å². The average Bonchev–Trinajstić information content (AvgIpc) is 2.12. The lowest BCUT2D eigenvalue weighted by Gasteiger charge is -2.17. The van der Waals surface area contributed by atoms with Crippen LogP contribution in [0.4, 0.5) is 0 Å². The van der Waals surface area contributed by atoms with Gasteiger partial charge in [0.2, 0.25) is 0 Å². The zero-order valence-electron chi connectivity index (χ0n) is 9.30. The van der Waals surface area contributed by atoms with Gasteiger partial charge in [-0.05, 0) is 34.2 Å². The molecule has 2 atom stereocenters. The van der Waals surface area contributed by atoms with Crippen molar-refractivity contribution in [2.24, 2.45) is 0 Å². The lowest BCUT2D eigenvalue weighted by Crippen LogP contribution is -2.27. The Morgan fingerprint density at radius 2 is 1.92 bits per heavy atom. The Hall–Kier alpha value is -0.120. The molecule has 0 bridgehead atoms. The van der Waals surface area contributed by atoms with Crippen molar-refractivity contribution in [1.29, 1.82) is 0 Å². The van der Waals surface area contributed by atoms with Crippen LogP contribution in [0.15, 0.2) is 0 Å². The fourth-order valence-electron chi connectivity index (χ4n) is 1.14. The van der Waals surface area contributed by atoms with Crippen LogP contribution in [0, 0.1) is 0 Å². The topological polar surface area (TPSA) is 30.5 Å². The molecule has 0 spiro atoms. The zero-order chi connectivity index (χ0) is 10.1. The molecular weight excluding hydrogens is 166 g/mol. The Labute approximate surface area is 81.8 Å². The van der Waals surface area contributed by atoms with Gasteiger partial charge in [0.25, 0.3) is 0 Å². The summed E-state index contributed by atoms with van der Waals surface area (Å²) >= 11 is 0. The van der Waals surface area contributed by atoms with Crippen LogP contribution in [0.2, 0.25) is 0 Å². The van der Waals surface area contributed by atoms with Gasteiger partial charge in [-0.25, -0.2) is 0 Å². The van der Waals surface area contributed by atoms with Crippen molar-refractivity contribution in [2.45, 2.75) is 39.3 Å². The molecule has 0 aromatic carbocycles. The van der Waals surface area contributed by atoms with Gasteiger partial charge in [-0.1, -0.05) is 0 Å². The van der Waals surface area contributed by atoms with E-state index in [4.69, 9.17) is 9.47 Å². The van der Waals surface area contributed by atoms with E-state index in [9.17, 15) is 0 Å². The van der Waals surface area contributed by atoms with E-state index < -0.39 is 0 Å².